The molecule has 0 aromatic heterocycles. The molecule has 0 saturated carbocycles. The second-order valence-corrected chi connectivity index (χ2v) is 13.0. The van der Waals surface area contributed by atoms with Crippen LogP contribution >= 0.6 is 46.4 Å². The van der Waals surface area contributed by atoms with Crippen LogP contribution < -0.4 is 18.9 Å². The van der Waals surface area contributed by atoms with Gasteiger partial charge in [0, 0.05) is 34.3 Å². The number of nitrogens with zero attached hydrogens (tertiary/aromatic N) is 4. The number of carbonyl (C=O) groups excluding carboxylic acids is 2. The molecule has 0 N–H and O–H groups in total. The Morgan fingerprint density at radius 1 is 0.538 bits per heavy atom. The van der Waals surface area contributed by atoms with Gasteiger partial charge in [0.2, 0.25) is 0 Å². The van der Waals surface area contributed by atoms with Crippen molar-refractivity contribution >= 4 is 82.0 Å². The molecular formula is C38H30Cl4N4O6. The van der Waals surface area contributed by atoms with Gasteiger partial charge in [-0.05, 0) is 83.9 Å². The third kappa shape index (κ3) is 7.47. The van der Waals surface area contributed by atoms with E-state index in [1.54, 1.807) is 84.9 Å². The van der Waals surface area contributed by atoms with Crippen LogP contribution in [-0.2, 0) is 9.59 Å². The van der Waals surface area contributed by atoms with Crippen molar-refractivity contribution in [2.45, 2.75) is 0 Å². The Bertz CT molecular complexity index is 2060. The minimum Gasteiger partial charge on any atom is -0.493 e. The van der Waals surface area contributed by atoms with Crippen molar-refractivity contribution in [1.29, 1.82) is 0 Å². The van der Waals surface area contributed by atoms with E-state index in [0.29, 0.717) is 65.3 Å². The van der Waals surface area contributed by atoms with Crippen LogP contribution in [0.2, 0.25) is 20.1 Å². The molecule has 0 aliphatic carbocycles. The van der Waals surface area contributed by atoms with Crippen LogP contribution in [-0.4, -0.2) is 74.8 Å². The van der Waals surface area contributed by atoms with E-state index in [9.17, 15) is 9.59 Å². The van der Waals surface area contributed by atoms with Crippen molar-refractivity contribution in [3.8, 4) is 23.0 Å². The monoisotopic (exact) mass is 778 g/mol. The number of ether oxygens (including phenoxy) is 4. The van der Waals surface area contributed by atoms with E-state index in [0.717, 1.165) is 0 Å². The molecule has 2 heterocycles. The SMILES string of the molecule is COc1ccc(C=C2N=C(c3ccc(Cl)cc3Cl)N(CCN3C(=O)C(=Cc4ccc(OC)c(OC)c4)N=C3c3ccc(Cl)cc3Cl)C2=O)cc1OC. The first kappa shape index (κ1) is 36.8. The van der Waals surface area contributed by atoms with Crippen LogP contribution in [0.3, 0.4) is 0 Å². The topological polar surface area (TPSA) is 102 Å². The van der Waals surface area contributed by atoms with Crippen molar-refractivity contribution in [1.82, 2.24) is 9.80 Å². The lowest BCUT2D eigenvalue weighted by Gasteiger charge is -2.24. The van der Waals surface area contributed by atoms with E-state index in [1.807, 2.05) is 0 Å². The third-order valence-corrected chi connectivity index (χ3v) is 9.30. The number of amides is 2. The van der Waals surface area contributed by atoms with Gasteiger partial charge < -0.3 is 18.9 Å². The number of methoxy groups -OCH3 is 4. The van der Waals surface area contributed by atoms with Gasteiger partial charge in [-0.3, -0.25) is 19.4 Å². The smallest absolute Gasteiger partial charge is 0.278 e. The van der Waals surface area contributed by atoms with Crippen molar-refractivity contribution in [2.24, 2.45) is 9.98 Å². The van der Waals surface area contributed by atoms with Crippen LogP contribution in [0.1, 0.15) is 22.3 Å². The van der Waals surface area contributed by atoms with Crippen LogP contribution in [0.25, 0.3) is 12.2 Å². The van der Waals surface area contributed by atoms with E-state index >= 15 is 0 Å². The lowest BCUT2D eigenvalue weighted by molar-refractivity contribution is -0.125. The fraction of sp³-hybridized carbons (Fsp3) is 0.158. The highest BCUT2D eigenvalue weighted by Gasteiger charge is 2.36. The summed E-state index contributed by atoms with van der Waals surface area (Å²) in [5.41, 5.74) is 2.55. The minimum absolute atomic E-state index is 0.0134. The van der Waals surface area contributed by atoms with Crippen molar-refractivity contribution in [3.63, 3.8) is 0 Å². The number of hydrogen-bond donors (Lipinski definition) is 0. The zero-order valence-electron chi connectivity index (χ0n) is 28.2. The van der Waals surface area contributed by atoms with Crippen LogP contribution in [0, 0.1) is 0 Å². The highest BCUT2D eigenvalue weighted by molar-refractivity contribution is 6.38. The lowest BCUT2D eigenvalue weighted by atomic mass is 10.1. The second-order valence-electron chi connectivity index (χ2n) is 11.3. The molecule has 0 radical (unpaired) electrons. The van der Waals surface area contributed by atoms with Crippen molar-refractivity contribution in [3.05, 3.63) is 127 Å². The average Bonchev–Trinajstić information content (AvgIpc) is 3.60. The molecule has 14 heteroatoms. The van der Waals surface area contributed by atoms with Crippen LogP contribution in [0.4, 0.5) is 0 Å². The molecule has 266 valence electrons. The highest BCUT2D eigenvalue weighted by atomic mass is 35.5. The molecule has 52 heavy (non-hydrogen) atoms. The van der Waals surface area contributed by atoms with E-state index in [2.05, 4.69) is 0 Å². The summed E-state index contributed by atoms with van der Waals surface area (Å²) in [6, 6.07) is 20.3. The van der Waals surface area contributed by atoms with Gasteiger partial charge in [0.05, 0.1) is 38.5 Å². The summed E-state index contributed by atoms with van der Waals surface area (Å²) in [6.45, 7) is 0.0268. The summed E-state index contributed by atoms with van der Waals surface area (Å²) in [7, 11) is 6.13. The molecule has 2 aliphatic rings. The molecule has 2 amide bonds. The molecule has 0 fully saturated rings. The summed E-state index contributed by atoms with van der Waals surface area (Å²) in [5.74, 6) is 1.80. The van der Waals surface area contributed by atoms with Crippen LogP contribution in [0.15, 0.2) is 94.2 Å². The first-order valence-corrected chi connectivity index (χ1v) is 17.2. The van der Waals surface area contributed by atoms with Gasteiger partial charge in [-0.2, -0.15) is 0 Å². The predicted octanol–water partition coefficient (Wildman–Crippen LogP) is 8.29. The molecular weight excluding hydrogens is 750 g/mol. The van der Waals surface area contributed by atoms with E-state index in [4.69, 9.17) is 75.3 Å². The fourth-order valence-electron chi connectivity index (χ4n) is 5.67. The molecule has 4 aromatic carbocycles. The Balaban J connectivity index is 1.37. The Labute approximate surface area is 320 Å². The maximum absolute atomic E-state index is 14.1. The molecule has 0 atom stereocenters. The minimum atomic E-state index is -0.411. The summed E-state index contributed by atoms with van der Waals surface area (Å²) < 4.78 is 21.6. The van der Waals surface area contributed by atoms with E-state index < -0.39 is 11.8 Å². The van der Waals surface area contributed by atoms with E-state index in [-0.39, 0.29) is 36.2 Å². The molecule has 10 nitrogen and oxygen atoms in total. The van der Waals surface area contributed by atoms with Crippen molar-refractivity contribution in [2.75, 3.05) is 41.5 Å². The number of amidine groups is 2. The van der Waals surface area contributed by atoms with Gasteiger partial charge >= 0.3 is 0 Å². The van der Waals surface area contributed by atoms with Gasteiger partial charge in [0.1, 0.15) is 23.1 Å². The maximum Gasteiger partial charge on any atom is 0.278 e. The number of halogens is 4. The molecule has 2 aliphatic heterocycles. The first-order chi connectivity index (χ1) is 25.0. The molecule has 0 saturated heterocycles. The number of hydrogen-bond acceptors (Lipinski definition) is 8. The van der Waals surface area contributed by atoms with E-state index in [1.165, 1.54) is 38.2 Å². The quantitative estimate of drug-likeness (QED) is 0.142. The molecule has 4 aromatic rings. The summed E-state index contributed by atoms with van der Waals surface area (Å²) in [6.07, 6.45) is 3.28. The number of rotatable bonds is 11. The second kappa shape index (κ2) is 15.7. The Morgan fingerprint density at radius 2 is 0.923 bits per heavy atom. The molecule has 0 spiro atoms. The van der Waals surface area contributed by atoms with Gasteiger partial charge in [-0.15, -0.1) is 0 Å². The maximum atomic E-state index is 14.1. The zero-order valence-corrected chi connectivity index (χ0v) is 31.3. The number of carbonyl (C=O) groups is 2. The largest absolute Gasteiger partial charge is 0.493 e. The standard InChI is InChI=1S/C38H30Cl4N4O6/c1-49-31-11-5-21(17-33(31)51-3)15-29-37(47)45(35(43-29)25-9-7-23(39)19-27(25)41)13-14-46-36(26-10-8-24(40)20-28(26)42)44-30(38(46)48)16-22-6-12-32(50-2)34(18-22)52-4/h5-12,15-20H,13-14H2,1-4H3. The van der Waals surface area contributed by atoms with Gasteiger partial charge in [-0.25, -0.2) is 9.98 Å². The first-order valence-electron chi connectivity index (χ1n) is 15.6. The van der Waals surface area contributed by atoms with Gasteiger partial charge in [0.15, 0.2) is 23.0 Å². The molecule has 6 rings (SSSR count). The number of aliphatic imine (C=N–C) groups is 2. The third-order valence-electron chi connectivity index (χ3n) is 8.21. The predicted molar refractivity (Wildman–Crippen MR) is 204 cm³/mol. The van der Waals surface area contributed by atoms with Crippen molar-refractivity contribution < 1.29 is 28.5 Å². The fourth-order valence-corrected chi connectivity index (χ4v) is 6.66. The highest BCUT2D eigenvalue weighted by Crippen LogP contribution is 2.34. The normalized spacial score (nSPS) is 15.8. The summed E-state index contributed by atoms with van der Waals surface area (Å²) in [5, 5.41) is 1.43. The average molecular weight is 780 g/mol. The zero-order chi connectivity index (χ0) is 37.1. The Hall–Kier alpha value is -5.00. The Morgan fingerprint density at radius 3 is 1.27 bits per heavy atom. The Kier molecular flexibility index (Phi) is 11.1. The van der Waals surface area contributed by atoms with Gasteiger partial charge in [0.25, 0.3) is 11.8 Å². The summed E-state index contributed by atoms with van der Waals surface area (Å²) in [4.78, 5) is 40.6. The van der Waals surface area contributed by atoms with Crippen LogP contribution in [0.5, 0.6) is 23.0 Å². The molecule has 0 unspecified atom stereocenters. The number of benzene rings is 4. The van der Waals surface area contributed by atoms with Gasteiger partial charge in [-0.1, -0.05) is 58.5 Å². The summed E-state index contributed by atoms with van der Waals surface area (Å²) >= 11 is 25.7. The molecule has 0 bridgehead atoms. The lowest BCUT2D eigenvalue weighted by Crippen LogP contribution is -2.43.